The number of hydrogen-bond donors (Lipinski definition) is 2. The molecule has 0 bridgehead atoms. The first-order chi connectivity index (χ1) is 8.75. The number of hydrogen-bond acceptors (Lipinski definition) is 3. The maximum Gasteiger partial charge on any atom is 0.250 e. The molecule has 0 radical (unpaired) electrons. The fraction of sp³-hybridized carbons (Fsp3) is 0.0714. The highest BCUT2D eigenvalue weighted by atomic mass is 16.2. The van der Waals surface area contributed by atoms with E-state index in [1.165, 1.54) is 0 Å². The molecule has 4 heteroatoms. The summed E-state index contributed by atoms with van der Waals surface area (Å²) in [6.45, 7) is 0.307. The van der Waals surface area contributed by atoms with E-state index in [1.54, 1.807) is 17.0 Å². The van der Waals surface area contributed by atoms with Crippen molar-refractivity contribution < 1.29 is 4.79 Å². The lowest BCUT2D eigenvalue weighted by atomic mass is 10.1. The van der Waals surface area contributed by atoms with Gasteiger partial charge in [-0.15, -0.1) is 0 Å². The zero-order valence-corrected chi connectivity index (χ0v) is 9.76. The lowest BCUT2D eigenvalue weighted by Crippen LogP contribution is -2.36. The summed E-state index contributed by atoms with van der Waals surface area (Å²) in [4.78, 5) is 13.8. The number of amides is 1. The summed E-state index contributed by atoms with van der Waals surface area (Å²) >= 11 is 0. The van der Waals surface area contributed by atoms with E-state index in [-0.39, 0.29) is 5.91 Å². The van der Waals surface area contributed by atoms with Gasteiger partial charge in [0.05, 0.1) is 17.9 Å². The number of nitrogens with two attached hydrogens (primary N) is 1. The van der Waals surface area contributed by atoms with Crippen molar-refractivity contribution in [3.63, 3.8) is 0 Å². The number of fused-ring (bicyclic) bond motifs is 1. The van der Waals surface area contributed by atoms with Gasteiger partial charge < -0.3 is 11.1 Å². The highest BCUT2D eigenvalue weighted by Gasteiger charge is 2.24. The molecule has 0 saturated heterocycles. The van der Waals surface area contributed by atoms with Gasteiger partial charge in [-0.3, -0.25) is 9.69 Å². The van der Waals surface area contributed by atoms with Gasteiger partial charge in [0, 0.05) is 11.4 Å². The minimum absolute atomic E-state index is 0.0264. The fourth-order valence-electron chi connectivity index (χ4n) is 2.11. The second-order valence-electron chi connectivity index (χ2n) is 4.19. The zero-order chi connectivity index (χ0) is 12.5. The second kappa shape index (κ2) is 4.07. The van der Waals surface area contributed by atoms with Crippen molar-refractivity contribution in [2.75, 3.05) is 22.5 Å². The molecule has 0 unspecified atom stereocenters. The third kappa shape index (κ3) is 1.68. The molecule has 0 saturated carbocycles. The zero-order valence-electron chi connectivity index (χ0n) is 9.76. The number of benzene rings is 2. The maximum absolute atomic E-state index is 12.1. The Morgan fingerprint density at radius 1 is 1.06 bits per heavy atom. The summed E-state index contributed by atoms with van der Waals surface area (Å²) in [7, 11) is 0. The number of anilines is 4. The number of rotatable bonds is 1. The summed E-state index contributed by atoms with van der Waals surface area (Å²) in [5.41, 5.74) is 9.04. The van der Waals surface area contributed by atoms with Crippen LogP contribution in [0.2, 0.25) is 0 Å². The van der Waals surface area contributed by atoms with Crippen LogP contribution in [0.25, 0.3) is 0 Å². The summed E-state index contributed by atoms with van der Waals surface area (Å²) in [6, 6.07) is 15.1. The predicted molar refractivity (Wildman–Crippen MR) is 72.9 cm³/mol. The van der Waals surface area contributed by atoms with E-state index < -0.39 is 0 Å². The van der Waals surface area contributed by atoms with Crippen LogP contribution in [-0.2, 0) is 4.79 Å². The normalized spacial score (nSPS) is 14.0. The van der Waals surface area contributed by atoms with Gasteiger partial charge in [0.15, 0.2) is 0 Å². The summed E-state index contributed by atoms with van der Waals surface area (Å²) in [5, 5.41) is 3.11. The summed E-state index contributed by atoms with van der Waals surface area (Å²) < 4.78 is 0. The van der Waals surface area contributed by atoms with Gasteiger partial charge in [0.1, 0.15) is 0 Å². The number of para-hydroxylation sites is 2. The SMILES string of the molecule is Nc1ccc(N2C(=O)CNc3ccccc32)cc1. The average molecular weight is 239 g/mol. The molecule has 2 aromatic rings. The Kier molecular flexibility index (Phi) is 2.41. The fourth-order valence-corrected chi connectivity index (χ4v) is 2.11. The van der Waals surface area contributed by atoms with Gasteiger partial charge in [0.25, 0.3) is 5.91 Å². The highest BCUT2D eigenvalue weighted by Crippen LogP contribution is 2.34. The lowest BCUT2D eigenvalue weighted by molar-refractivity contribution is -0.116. The number of carbonyl (C=O) groups excluding carboxylic acids is 1. The number of nitrogens with zero attached hydrogens (tertiary/aromatic N) is 1. The molecule has 0 aromatic heterocycles. The molecule has 1 aliphatic heterocycles. The molecule has 0 spiro atoms. The van der Waals surface area contributed by atoms with Crippen LogP contribution in [-0.4, -0.2) is 12.5 Å². The van der Waals surface area contributed by atoms with Crippen molar-refractivity contribution >= 4 is 28.7 Å². The quantitative estimate of drug-likeness (QED) is 0.751. The first kappa shape index (κ1) is 10.7. The van der Waals surface area contributed by atoms with Crippen molar-refractivity contribution in [1.29, 1.82) is 0 Å². The van der Waals surface area contributed by atoms with Crippen molar-refractivity contribution in [3.05, 3.63) is 48.5 Å². The van der Waals surface area contributed by atoms with Gasteiger partial charge >= 0.3 is 0 Å². The average Bonchev–Trinajstić information content (AvgIpc) is 2.40. The van der Waals surface area contributed by atoms with Crippen LogP contribution in [0, 0.1) is 0 Å². The molecule has 1 aliphatic rings. The molecule has 3 rings (SSSR count). The smallest absolute Gasteiger partial charge is 0.250 e. The van der Waals surface area contributed by atoms with Crippen molar-refractivity contribution in [2.24, 2.45) is 0 Å². The Bertz CT molecular complexity index is 592. The van der Waals surface area contributed by atoms with Crippen LogP contribution in [0.15, 0.2) is 48.5 Å². The molecule has 3 N–H and O–H groups in total. The van der Waals surface area contributed by atoms with E-state index in [0.29, 0.717) is 12.2 Å². The monoisotopic (exact) mass is 239 g/mol. The van der Waals surface area contributed by atoms with Gasteiger partial charge in [-0.1, -0.05) is 12.1 Å². The van der Waals surface area contributed by atoms with Crippen molar-refractivity contribution in [1.82, 2.24) is 0 Å². The third-order valence-electron chi connectivity index (χ3n) is 2.98. The molecule has 18 heavy (non-hydrogen) atoms. The van der Waals surface area contributed by atoms with E-state index in [9.17, 15) is 4.79 Å². The van der Waals surface area contributed by atoms with Gasteiger partial charge in [-0.25, -0.2) is 0 Å². The minimum Gasteiger partial charge on any atom is -0.399 e. The minimum atomic E-state index is 0.0264. The van der Waals surface area contributed by atoms with Crippen LogP contribution in [0.5, 0.6) is 0 Å². The Morgan fingerprint density at radius 2 is 1.78 bits per heavy atom. The molecule has 0 atom stereocenters. The molecule has 0 fully saturated rings. The van der Waals surface area contributed by atoms with E-state index in [0.717, 1.165) is 17.1 Å². The number of carbonyl (C=O) groups is 1. The summed E-state index contributed by atoms with van der Waals surface area (Å²) in [5.74, 6) is 0.0264. The first-order valence-corrected chi connectivity index (χ1v) is 5.77. The molecule has 0 aliphatic carbocycles. The van der Waals surface area contributed by atoms with Crippen molar-refractivity contribution in [3.8, 4) is 0 Å². The lowest BCUT2D eigenvalue weighted by Gasteiger charge is -2.30. The highest BCUT2D eigenvalue weighted by molar-refractivity contribution is 6.08. The Labute approximate surface area is 105 Å². The number of nitrogen functional groups attached to an aromatic ring is 1. The molecule has 2 aromatic carbocycles. The topological polar surface area (TPSA) is 58.4 Å². The Morgan fingerprint density at radius 3 is 2.56 bits per heavy atom. The molecule has 1 amide bonds. The second-order valence-corrected chi connectivity index (χ2v) is 4.19. The first-order valence-electron chi connectivity index (χ1n) is 5.77. The van der Waals surface area contributed by atoms with Crippen LogP contribution in [0.1, 0.15) is 0 Å². The van der Waals surface area contributed by atoms with Gasteiger partial charge in [0.2, 0.25) is 0 Å². The van der Waals surface area contributed by atoms with E-state index in [4.69, 9.17) is 5.73 Å². The van der Waals surface area contributed by atoms with Crippen LogP contribution < -0.4 is 16.0 Å². The largest absolute Gasteiger partial charge is 0.399 e. The number of nitrogens with one attached hydrogen (secondary N) is 1. The molecule has 4 nitrogen and oxygen atoms in total. The van der Waals surface area contributed by atoms with E-state index in [2.05, 4.69) is 5.32 Å². The third-order valence-corrected chi connectivity index (χ3v) is 2.98. The molecular formula is C14H13N3O. The molecular weight excluding hydrogens is 226 g/mol. The summed E-state index contributed by atoms with van der Waals surface area (Å²) in [6.07, 6.45) is 0. The standard InChI is InChI=1S/C14H13N3O/c15-10-5-7-11(8-6-10)17-13-4-2-1-3-12(13)16-9-14(17)18/h1-8,16H,9,15H2. The maximum atomic E-state index is 12.1. The predicted octanol–water partition coefficient (Wildman–Crippen LogP) is 2.36. The Hall–Kier alpha value is -2.49. The van der Waals surface area contributed by atoms with Crippen LogP contribution in [0.4, 0.5) is 22.7 Å². The van der Waals surface area contributed by atoms with Crippen molar-refractivity contribution in [2.45, 2.75) is 0 Å². The Balaban J connectivity index is 2.10. The van der Waals surface area contributed by atoms with Crippen LogP contribution >= 0.6 is 0 Å². The van der Waals surface area contributed by atoms with Gasteiger partial charge in [-0.05, 0) is 36.4 Å². The molecule has 90 valence electrons. The molecule has 1 heterocycles. The van der Waals surface area contributed by atoms with Gasteiger partial charge in [-0.2, -0.15) is 0 Å². The van der Waals surface area contributed by atoms with E-state index in [1.807, 2.05) is 36.4 Å². The van der Waals surface area contributed by atoms with E-state index >= 15 is 0 Å². The van der Waals surface area contributed by atoms with Crippen LogP contribution in [0.3, 0.4) is 0 Å².